The van der Waals surface area contributed by atoms with Gasteiger partial charge in [-0.3, -0.25) is 4.79 Å². The Morgan fingerprint density at radius 1 is 1.31 bits per heavy atom. The van der Waals surface area contributed by atoms with Crippen LogP contribution in [0, 0.1) is 0 Å². The fourth-order valence-electron chi connectivity index (χ4n) is 0.805. The molecule has 0 saturated carbocycles. The molecule has 0 bridgehead atoms. The van der Waals surface area contributed by atoms with Gasteiger partial charge >= 0.3 is 0 Å². The monoisotopic (exact) mass is 192 g/mol. The van der Waals surface area contributed by atoms with Gasteiger partial charge in [-0.15, -0.1) is 0 Å². The number of carbonyl (C=O) groups is 1. The lowest BCUT2D eigenvalue weighted by atomic mass is 9.89. The van der Waals surface area contributed by atoms with Gasteiger partial charge in [-0.1, -0.05) is 0 Å². The van der Waals surface area contributed by atoms with Gasteiger partial charge in [-0.2, -0.15) is 0 Å². The summed E-state index contributed by atoms with van der Waals surface area (Å²) in [4.78, 5) is 10.8. The highest BCUT2D eigenvalue weighted by atomic mass is 16.4. The highest BCUT2D eigenvalue weighted by Gasteiger charge is 2.41. The largest absolute Gasteiger partial charge is 0.391 e. The highest BCUT2D eigenvalue weighted by Crippen LogP contribution is 2.16. The molecule has 0 rings (SSSR count). The van der Waals surface area contributed by atoms with Crippen LogP contribution in [0.5, 0.6) is 0 Å². The third-order valence-corrected chi connectivity index (χ3v) is 2.11. The van der Waals surface area contributed by atoms with Crippen molar-refractivity contribution < 1.29 is 25.2 Å². The lowest BCUT2D eigenvalue weighted by Crippen LogP contribution is -2.54. The number of carbonyl (C=O) groups excluding carboxylic acids is 1. The maximum atomic E-state index is 10.8. The van der Waals surface area contributed by atoms with Crippen molar-refractivity contribution in [2.24, 2.45) is 0 Å². The molecule has 0 aliphatic carbocycles. The van der Waals surface area contributed by atoms with Crippen molar-refractivity contribution in [3.63, 3.8) is 0 Å². The van der Waals surface area contributed by atoms with E-state index in [9.17, 15) is 15.0 Å². The number of rotatable bonds is 4. The molecule has 4 atom stereocenters. The number of aliphatic hydroxyl groups is 4. The Kier molecular flexibility index (Phi) is 3.99. The van der Waals surface area contributed by atoms with Crippen molar-refractivity contribution in [2.45, 2.75) is 44.7 Å². The van der Waals surface area contributed by atoms with Crippen molar-refractivity contribution in [1.82, 2.24) is 0 Å². The Hall–Kier alpha value is -0.490. The summed E-state index contributed by atoms with van der Waals surface area (Å²) in [6.07, 6.45) is -4.44. The molecule has 0 heterocycles. The molecule has 13 heavy (non-hydrogen) atoms. The van der Waals surface area contributed by atoms with Gasteiger partial charge in [0.1, 0.15) is 17.8 Å². The van der Waals surface area contributed by atoms with Gasteiger partial charge in [0, 0.05) is 0 Å². The van der Waals surface area contributed by atoms with E-state index in [0.29, 0.717) is 0 Å². The maximum Gasteiger partial charge on any atom is 0.163 e. The normalized spacial score (nSPS) is 23.0. The van der Waals surface area contributed by atoms with Crippen LogP contribution in [0.3, 0.4) is 0 Å². The van der Waals surface area contributed by atoms with E-state index in [1.165, 1.54) is 6.92 Å². The fourth-order valence-corrected chi connectivity index (χ4v) is 0.805. The Labute approximate surface area is 76.6 Å². The number of ketones is 1. The molecule has 0 aromatic carbocycles. The molecule has 5 nitrogen and oxygen atoms in total. The van der Waals surface area contributed by atoms with Crippen LogP contribution in [-0.4, -0.2) is 50.1 Å². The minimum atomic E-state index is -2.03. The summed E-state index contributed by atoms with van der Waals surface area (Å²) in [5, 5.41) is 36.8. The standard InChI is InChI=1S/C8H16O5/c1-4(9)6(11)7(12)8(3,13)5(2)10/h4,6-7,9,11-13H,1-3H3/t4-,6-,7+,8-/m1/s1. The van der Waals surface area contributed by atoms with Crippen molar-refractivity contribution in [2.75, 3.05) is 0 Å². The predicted octanol–water partition coefficient (Wildman–Crippen LogP) is -1.57. The predicted molar refractivity (Wildman–Crippen MR) is 45.0 cm³/mol. The first-order chi connectivity index (χ1) is 5.71. The van der Waals surface area contributed by atoms with Crippen LogP contribution < -0.4 is 0 Å². The molecule has 0 radical (unpaired) electrons. The molecular weight excluding hydrogens is 176 g/mol. The van der Waals surface area contributed by atoms with Crippen LogP contribution in [0.4, 0.5) is 0 Å². The van der Waals surface area contributed by atoms with Crippen molar-refractivity contribution in [1.29, 1.82) is 0 Å². The van der Waals surface area contributed by atoms with E-state index >= 15 is 0 Å². The van der Waals surface area contributed by atoms with Crippen LogP contribution in [-0.2, 0) is 4.79 Å². The summed E-state index contributed by atoms with van der Waals surface area (Å²) in [6.45, 7) is 3.44. The van der Waals surface area contributed by atoms with Gasteiger partial charge in [0.25, 0.3) is 0 Å². The first-order valence-corrected chi connectivity index (χ1v) is 3.99. The number of hydrogen-bond donors (Lipinski definition) is 4. The van der Waals surface area contributed by atoms with E-state index in [4.69, 9.17) is 10.2 Å². The molecule has 0 spiro atoms. The van der Waals surface area contributed by atoms with Gasteiger partial charge in [-0.25, -0.2) is 0 Å². The molecule has 0 aromatic heterocycles. The molecule has 4 N–H and O–H groups in total. The Morgan fingerprint density at radius 3 is 1.92 bits per heavy atom. The Morgan fingerprint density at radius 2 is 1.69 bits per heavy atom. The van der Waals surface area contributed by atoms with E-state index in [0.717, 1.165) is 13.8 Å². The third-order valence-electron chi connectivity index (χ3n) is 2.11. The second kappa shape index (κ2) is 4.15. The lowest BCUT2D eigenvalue weighted by molar-refractivity contribution is -0.164. The molecule has 0 unspecified atom stereocenters. The van der Waals surface area contributed by atoms with Crippen LogP contribution in [0.15, 0.2) is 0 Å². The number of Topliss-reactive ketones (excluding diaryl/α,β-unsaturated/α-hetero) is 1. The molecule has 0 fully saturated rings. The highest BCUT2D eigenvalue weighted by molar-refractivity contribution is 5.84. The summed E-state index contributed by atoms with van der Waals surface area (Å²) in [6, 6.07) is 0. The molecule has 0 amide bonds. The van der Waals surface area contributed by atoms with Gasteiger partial charge < -0.3 is 20.4 Å². The van der Waals surface area contributed by atoms with Crippen molar-refractivity contribution >= 4 is 5.78 Å². The van der Waals surface area contributed by atoms with Crippen molar-refractivity contribution in [3.8, 4) is 0 Å². The zero-order valence-corrected chi connectivity index (χ0v) is 7.93. The maximum absolute atomic E-state index is 10.8. The molecule has 0 saturated heterocycles. The van der Waals surface area contributed by atoms with E-state index in [1.54, 1.807) is 0 Å². The first kappa shape index (κ1) is 12.5. The van der Waals surface area contributed by atoms with Crippen LogP contribution in [0.25, 0.3) is 0 Å². The van der Waals surface area contributed by atoms with Crippen molar-refractivity contribution in [3.05, 3.63) is 0 Å². The summed E-state index contributed by atoms with van der Waals surface area (Å²) in [7, 11) is 0. The van der Waals surface area contributed by atoms with E-state index < -0.39 is 29.7 Å². The molecule has 0 aliphatic rings. The second-order valence-corrected chi connectivity index (χ2v) is 3.38. The van der Waals surface area contributed by atoms with Gasteiger partial charge in [-0.05, 0) is 20.8 Å². The van der Waals surface area contributed by atoms with E-state index in [2.05, 4.69) is 0 Å². The average molecular weight is 192 g/mol. The quantitative estimate of drug-likeness (QED) is 0.431. The summed E-state index contributed by atoms with van der Waals surface area (Å²) >= 11 is 0. The third kappa shape index (κ3) is 2.73. The molecule has 0 aromatic rings. The summed E-state index contributed by atoms with van der Waals surface area (Å²) < 4.78 is 0. The zero-order valence-electron chi connectivity index (χ0n) is 7.93. The molecule has 78 valence electrons. The average Bonchev–Trinajstić information content (AvgIpc) is 2.01. The SMILES string of the molecule is CC(=O)[C@@](C)(O)[C@@H](O)[C@H](O)[C@@H](C)O. The smallest absolute Gasteiger partial charge is 0.163 e. The minimum Gasteiger partial charge on any atom is -0.391 e. The van der Waals surface area contributed by atoms with Gasteiger partial charge in [0.2, 0.25) is 0 Å². The zero-order chi connectivity index (χ0) is 10.8. The van der Waals surface area contributed by atoms with E-state index in [1.807, 2.05) is 0 Å². The summed E-state index contributed by atoms with van der Waals surface area (Å²) in [5.41, 5.74) is -2.03. The van der Waals surface area contributed by atoms with E-state index in [-0.39, 0.29) is 0 Å². The molecular formula is C8H16O5. The fraction of sp³-hybridized carbons (Fsp3) is 0.875. The van der Waals surface area contributed by atoms with Gasteiger partial charge in [0.05, 0.1) is 6.10 Å². The van der Waals surface area contributed by atoms with Crippen LogP contribution in [0.1, 0.15) is 20.8 Å². The van der Waals surface area contributed by atoms with Crippen LogP contribution in [0.2, 0.25) is 0 Å². The number of hydrogen-bond acceptors (Lipinski definition) is 5. The minimum absolute atomic E-state index is 0.667. The van der Waals surface area contributed by atoms with Crippen LogP contribution >= 0.6 is 0 Å². The lowest BCUT2D eigenvalue weighted by Gasteiger charge is -2.31. The van der Waals surface area contributed by atoms with Gasteiger partial charge in [0.15, 0.2) is 5.78 Å². The second-order valence-electron chi connectivity index (χ2n) is 3.38. The Bertz CT molecular complexity index is 187. The molecule has 5 heteroatoms. The number of aliphatic hydroxyl groups excluding tert-OH is 3. The molecule has 0 aliphatic heterocycles. The Balaban J connectivity index is 4.58. The summed E-state index contributed by atoms with van der Waals surface area (Å²) in [5.74, 6) is -0.667. The topological polar surface area (TPSA) is 98.0 Å². The first-order valence-electron chi connectivity index (χ1n) is 3.99.